The molecule has 0 saturated carbocycles. The minimum absolute atomic E-state index is 0.167. The summed E-state index contributed by atoms with van der Waals surface area (Å²) in [7, 11) is 4.69. The van der Waals surface area contributed by atoms with Crippen LogP contribution in [0, 0.1) is 5.82 Å². The second-order valence-electron chi connectivity index (χ2n) is 3.69. The van der Waals surface area contributed by atoms with Crippen molar-refractivity contribution >= 4 is 5.91 Å². The van der Waals surface area contributed by atoms with E-state index in [1.54, 1.807) is 26.2 Å². The van der Waals surface area contributed by atoms with Gasteiger partial charge < -0.3 is 5.32 Å². The summed E-state index contributed by atoms with van der Waals surface area (Å²) in [6.45, 7) is 0. The predicted octanol–water partition coefficient (Wildman–Crippen LogP) is 0.976. The van der Waals surface area contributed by atoms with Crippen LogP contribution in [0.15, 0.2) is 24.3 Å². The molecule has 1 aromatic carbocycles. The summed E-state index contributed by atoms with van der Waals surface area (Å²) in [5.41, 5.74) is 0.892. The third kappa shape index (κ3) is 3.80. The van der Waals surface area contributed by atoms with E-state index >= 15 is 0 Å². The zero-order valence-electron chi connectivity index (χ0n) is 10.2. The van der Waals surface area contributed by atoms with E-state index in [1.165, 1.54) is 24.3 Å². The molecule has 1 amide bonds. The van der Waals surface area contributed by atoms with Gasteiger partial charge in [-0.2, -0.15) is 0 Å². The monoisotopic (exact) mass is 240 g/mol. The second kappa shape index (κ2) is 6.32. The van der Waals surface area contributed by atoms with Crippen molar-refractivity contribution in [3.8, 4) is 0 Å². The highest BCUT2D eigenvalue weighted by atomic mass is 19.1. The zero-order chi connectivity index (χ0) is 12.8. The second-order valence-corrected chi connectivity index (χ2v) is 3.69. The predicted molar refractivity (Wildman–Crippen MR) is 62.7 cm³/mol. The van der Waals surface area contributed by atoms with Crippen LogP contribution in [0.2, 0.25) is 0 Å². The Labute approximate surface area is 100 Å². The van der Waals surface area contributed by atoms with Crippen LogP contribution in [0.1, 0.15) is 5.56 Å². The number of hydrogen-bond acceptors (Lipinski definition) is 3. The molecule has 0 spiro atoms. The van der Waals surface area contributed by atoms with E-state index in [4.69, 9.17) is 4.84 Å². The van der Waals surface area contributed by atoms with Gasteiger partial charge in [-0.05, 0) is 31.2 Å². The molecule has 0 aromatic heterocycles. The molecule has 0 radical (unpaired) electrons. The molecule has 1 aromatic rings. The SMILES string of the molecule is CNC(Cc1ccc(F)cc1)C(=O)N(C)OC. The average Bonchev–Trinajstić information content (AvgIpc) is 2.36. The third-order valence-electron chi connectivity index (χ3n) is 2.58. The van der Waals surface area contributed by atoms with Crippen molar-refractivity contribution in [2.75, 3.05) is 21.2 Å². The normalized spacial score (nSPS) is 12.2. The number of hydrogen-bond donors (Lipinski definition) is 1. The van der Waals surface area contributed by atoms with Crippen LogP contribution in [-0.4, -0.2) is 38.2 Å². The van der Waals surface area contributed by atoms with Gasteiger partial charge in [0.05, 0.1) is 13.2 Å². The van der Waals surface area contributed by atoms with Crippen molar-refractivity contribution in [2.45, 2.75) is 12.5 Å². The van der Waals surface area contributed by atoms with Crippen LogP contribution in [-0.2, 0) is 16.1 Å². The largest absolute Gasteiger partial charge is 0.309 e. The first-order valence-electron chi connectivity index (χ1n) is 5.32. The Morgan fingerprint density at radius 2 is 2.06 bits per heavy atom. The number of halogens is 1. The molecule has 0 aliphatic carbocycles. The molecule has 0 bridgehead atoms. The van der Waals surface area contributed by atoms with Gasteiger partial charge in [-0.25, -0.2) is 9.45 Å². The van der Waals surface area contributed by atoms with Gasteiger partial charge in [-0.3, -0.25) is 9.63 Å². The van der Waals surface area contributed by atoms with Gasteiger partial charge in [0.25, 0.3) is 5.91 Å². The molecule has 0 saturated heterocycles. The van der Waals surface area contributed by atoms with Gasteiger partial charge >= 0.3 is 0 Å². The van der Waals surface area contributed by atoms with E-state index < -0.39 is 0 Å². The van der Waals surface area contributed by atoms with E-state index in [-0.39, 0.29) is 17.8 Å². The number of rotatable bonds is 5. The van der Waals surface area contributed by atoms with Gasteiger partial charge in [0.1, 0.15) is 5.82 Å². The maximum Gasteiger partial charge on any atom is 0.263 e. The highest BCUT2D eigenvalue weighted by Gasteiger charge is 2.20. The number of amides is 1. The highest BCUT2D eigenvalue weighted by molar-refractivity contribution is 5.81. The number of carbonyl (C=O) groups is 1. The summed E-state index contributed by atoms with van der Waals surface area (Å²) < 4.78 is 12.7. The molecular formula is C12H17FN2O2. The lowest BCUT2D eigenvalue weighted by Crippen LogP contribution is -2.44. The van der Waals surface area contributed by atoms with E-state index in [1.807, 2.05) is 0 Å². The lowest BCUT2D eigenvalue weighted by molar-refractivity contribution is -0.170. The minimum Gasteiger partial charge on any atom is -0.309 e. The van der Waals surface area contributed by atoms with Crippen LogP contribution < -0.4 is 5.32 Å². The Kier molecular flexibility index (Phi) is 5.06. The summed E-state index contributed by atoms with van der Waals surface area (Å²) in [5, 5.41) is 4.09. The number of nitrogens with zero attached hydrogens (tertiary/aromatic N) is 1. The Hall–Kier alpha value is -1.46. The van der Waals surface area contributed by atoms with E-state index in [2.05, 4.69) is 5.32 Å². The quantitative estimate of drug-likeness (QED) is 0.780. The Balaban J connectivity index is 2.69. The number of carbonyl (C=O) groups excluding carboxylic acids is 1. The Bertz CT molecular complexity index is 367. The number of hydroxylamine groups is 2. The van der Waals surface area contributed by atoms with Crippen LogP contribution in [0.5, 0.6) is 0 Å². The molecule has 17 heavy (non-hydrogen) atoms. The molecule has 94 valence electrons. The maximum atomic E-state index is 12.7. The van der Waals surface area contributed by atoms with Crippen LogP contribution in [0.4, 0.5) is 4.39 Å². The molecule has 5 heteroatoms. The molecule has 1 unspecified atom stereocenters. The summed E-state index contributed by atoms with van der Waals surface area (Å²) in [6, 6.07) is 5.71. The molecule has 1 N–H and O–H groups in total. The minimum atomic E-state index is -0.384. The fourth-order valence-electron chi connectivity index (χ4n) is 1.48. The summed E-state index contributed by atoms with van der Waals surface area (Å²) in [6.07, 6.45) is 0.489. The lowest BCUT2D eigenvalue weighted by Gasteiger charge is -2.21. The van der Waals surface area contributed by atoms with Crippen molar-refractivity contribution in [1.29, 1.82) is 0 Å². The molecular weight excluding hydrogens is 223 g/mol. The molecule has 1 atom stereocenters. The van der Waals surface area contributed by atoms with Gasteiger partial charge in [-0.15, -0.1) is 0 Å². The zero-order valence-corrected chi connectivity index (χ0v) is 10.2. The fraction of sp³-hybridized carbons (Fsp3) is 0.417. The third-order valence-corrected chi connectivity index (χ3v) is 2.58. The van der Waals surface area contributed by atoms with Crippen molar-refractivity contribution in [3.63, 3.8) is 0 Å². The van der Waals surface area contributed by atoms with Gasteiger partial charge in [0.15, 0.2) is 0 Å². The number of nitrogens with one attached hydrogen (secondary N) is 1. The first kappa shape index (κ1) is 13.6. The molecule has 0 fully saturated rings. The molecule has 1 rings (SSSR count). The summed E-state index contributed by atoms with van der Waals surface area (Å²) in [5.74, 6) is -0.450. The summed E-state index contributed by atoms with van der Waals surface area (Å²) in [4.78, 5) is 16.7. The lowest BCUT2D eigenvalue weighted by atomic mass is 10.1. The number of benzene rings is 1. The first-order valence-corrected chi connectivity index (χ1v) is 5.32. The van der Waals surface area contributed by atoms with Crippen molar-refractivity contribution in [1.82, 2.24) is 10.4 Å². The number of likely N-dealkylation sites (N-methyl/N-ethyl adjacent to an activating group) is 2. The van der Waals surface area contributed by atoms with Crippen molar-refractivity contribution in [3.05, 3.63) is 35.6 Å². The molecule has 4 nitrogen and oxygen atoms in total. The molecule has 0 heterocycles. The first-order chi connectivity index (χ1) is 8.08. The van der Waals surface area contributed by atoms with Crippen LogP contribution in [0.3, 0.4) is 0 Å². The van der Waals surface area contributed by atoms with Crippen molar-refractivity contribution < 1.29 is 14.0 Å². The fourth-order valence-corrected chi connectivity index (χ4v) is 1.48. The van der Waals surface area contributed by atoms with E-state index in [0.29, 0.717) is 6.42 Å². The topological polar surface area (TPSA) is 41.6 Å². The average molecular weight is 240 g/mol. The highest BCUT2D eigenvalue weighted by Crippen LogP contribution is 2.07. The van der Waals surface area contributed by atoms with Gasteiger partial charge in [-0.1, -0.05) is 12.1 Å². The van der Waals surface area contributed by atoms with Gasteiger partial charge in [0, 0.05) is 7.05 Å². The summed E-state index contributed by atoms with van der Waals surface area (Å²) >= 11 is 0. The van der Waals surface area contributed by atoms with E-state index in [9.17, 15) is 9.18 Å². The van der Waals surface area contributed by atoms with Crippen molar-refractivity contribution in [2.24, 2.45) is 0 Å². The standard InChI is InChI=1S/C12H17FN2O2/c1-14-11(12(16)15(2)17-3)8-9-4-6-10(13)7-5-9/h4-7,11,14H,8H2,1-3H3. The van der Waals surface area contributed by atoms with Gasteiger partial charge in [0.2, 0.25) is 0 Å². The van der Waals surface area contributed by atoms with Crippen LogP contribution >= 0.6 is 0 Å². The maximum absolute atomic E-state index is 12.7. The smallest absolute Gasteiger partial charge is 0.263 e. The Morgan fingerprint density at radius 1 is 1.47 bits per heavy atom. The van der Waals surface area contributed by atoms with E-state index in [0.717, 1.165) is 5.56 Å². The van der Waals surface area contributed by atoms with Crippen LogP contribution in [0.25, 0.3) is 0 Å². The Morgan fingerprint density at radius 3 is 2.53 bits per heavy atom. The molecule has 0 aliphatic rings. The molecule has 0 aliphatic heterocycles.